The highest BCUT2D eigenvalue weighted by Gasteiger charge is 2.22. The van der Waals surface area contributed by atoms with Crippen LogP contribution in [0.2, 0.25) is 0 Å². The normalized spacial score (nSPS) is 13.8. The average molecular weight is 409 g/mol. The minimum Gasteiger partial charge on any atom is -0.497 e. The maximum Gasteiger partial charge on any atom is 0.321 e. The van der Waals surface area contributed by atoms with Crippen LogP contribution in [0.25, 0.3) is 5.82 Å². The molecule has 2 amide bonds. The van der Waals surface area contributed by atoms with Crippen LogP contribution >= 0.6 is 0 Å². The van der Waals surface area contributed by atoms with Gasteiger partial charge in [-0.3, -0.25) is 0 Å². The lowest BCUT2D eigenvalue weighted by atomic mass is 10.2. The van der Waals surface area contributed by atoms with Crippen molar-refractivity contribution in [3.8, 4) is 17.3 Å². The fraction of sp³-hybridized carbons (Fsp3) is 0.300. The Bertz CT molecular complexity index is 979. The first-order chi connectivity index (χ1) is 14.7. The van der Waals surface area contributed by atoms with Crippen molar-refractivity contribution in [1.82, 2.24) is 24.6 Å². The van der Waals surface area contributed by atoms with Crippen LogP contribution in [0.1, 0.15) is 0 Å². The third-order valence-electron chi connectivity index (χ3n) is 4.87. The van der Waals surface area contributed by atoms with Gasteiger partial charge in [0.15, 0.2) is 5.82 Å². The number of benzene rings is 1. The first-order valence-electron chi connectivity index (χ1n) is 9.52. The molecule has 0 bridgehead atoms. The van der Waals surface area contributed by atoms with Gasteiger partial charge in [-0.05, 0) is 6.07 Å². The van der Waals surface area contributed by atoms with E-state index in [0.717, 1.165) is 5.82 Å². The number of ether oxygens (including phenoxy) is 2. The molecule has 0 spiro atoms. The number of nitrogens with one attached hydrogen (secondary N) is 1. The summed E-state index contributed by atoms with van der Waals surface area (Å²) in [6.45, 7) is 2.50. The van der Waals surface area contributed by atoms with Gasteiger partial charge in [0.2, 0.25) is 0 Å². The monoisotopic (exact) mass is 409 g/mol. The van der Waals surface area contributed by atoms with E-state index >= 15 is 0 Å². The number of carbonyl (C=O) groups excluding carboxylic acids is 1. The van der Waals surface area contributed by atoms with Gasteiger partial charge in [-0.2, -0.15) is 5.10 Å². The molecule has 1 aromatic carbocycles. The number of amides is 2. The van der Waals surface area contributed by atoms with Gasteiger partial charge in [-0.25, -0.2) is 19.4 Å². The molecule has 1 N–H and O–H groups in total. The molecule has 4 rings (SSSR count). The summed E-state index contributed by atoms with van der Waals surface area (Å²) >= 11 is 0. The van der Waals surface area contributed by atoms with Crippen LogP contribution < -0.4 is 19.7 Å². The zero-order valence-corrected chi connectivity index (χ0v) is 16.9. The predicted molar refractivity (Wildman–Crippen MR) is 112 cm³/mol. The smallest absolute Gasteiger partial charge is 0.321 e. The van der Waals surface area contributed by atoms with E-state index in [1.54, 1.807) is 48.2 Å². The highest BCUT2D eigenvalue weighted by atomic mass is 16.5. The summed E-state index contributed by atoms with van der Waals surface area (Å²) in [6, 6.07) is 8.85. The van der Waals surface area contributed by atoms with E-state index < -0.39 is 0 Å². The maximum absolute atomic E-state index is 12.7. The molecule has 0 unspecified atom stereocenters. The lowest BCUT2D eigenvalue weighted by molar-refractivity contribution is 0.208. The zero-order chi connectivity index (χ0) is 20.9. The number of hydrogen-bond acceptors (Lipinski definition) is 7. The van der Waals surface area contributed by atoms with Crippen molar-refractivity contribution in [3.63, 3.8) is 0 Å². The molecule has 2 aromatic heterocycles. The number of piperazine rings is 1. The third kappa shape index (κ3) is 4.27. The molecule has 1 aliphatic heterocycles. The van der Waals surface area contributed by atoms with Crippen LogP contribution in [-0.2, 0) is 0 Å². The topological polar surface area (TPSA) is 97.6 Å². The molecule has 0 atom stereocenters. The van der Waals surface area contributed by atoms with E-state index in [2.05, 4.69) is 25.3 Å². The number of anilines is 2. The molecule has 3 heterocycles. The molecule has 0 saturated carbocycles. The summed E-state index contributed by atoms with van der Waals surface area (Å²) in [6.07, 6.45) is 5.07. The van der Waals surface area contributed by atoms with E-state index in [-0.39, 0.29) is 6.03 Å². The van der Waals surface area contributed by atoms with E-state index in [0.29, 0.717) is 49.2 Å². The van der Waals surface area contributed by atoms with Gasteiger partial charge >= 0.3 is 6.03 Å². The van der Waals surface area contributed by atoms with Gasteiger partial charge in [0, 0.05) is 68.5 Å². The van der Waals surface area contributed by atoms with Crippen molar-refractivity contribution in [1.29, 1.82) is 0 Å². The van der Waals surface area contributed by atoms with Crippen molar-refractivity contribution in [2.45, 2.75) is 0 Å². The third-order valence-corrected chi connectivity index (χ3v) is 4.87. The Kier molecular flexibility index (Phi) is 5.64. The Morgan fingerprint density at radius 3 is 2.30 bits per heavy atom. The highest BCUT2D eigenvalue weighted by molar-refractivity contribution is 5.90. The number of urea groups is 1. The quantitative estimate of drug-likeness (QED) is 0.689. The van der Waals surface area contributed by atoms with E-state index in [9.17, 15) is 4.79 Å². The molecule has 10 nitrogen and oxygen atoms in total. The molecule has 0 radical (unpaired) electrons. The Morgan fingerprint density at radius 1 is 0.967 bits per heavy atom. The maximum atomic E-state index is 12.7. The van der Waals surface area contributed by atoms with Crippen LogP contribution in [0.15, 0.2) is 49.1 Å². The Labute approximate surface area is 174 Å². The number of aromatic nitrogens is 4. The van der Waals surface area contributed by atoms with Crippen molar-refractivity contribution >= 4 is 17.5 Å². The van der Waals surface area contributed by atoms with Crippen LogP contribution in [-0.4, -0.2) is 71.1 Å². The van der Waals surface area contributed by atoms with Crippen LogP contribution in [0, 0.1) is 0 Å². The minimum atomic E-state index is -0.162. The van der Waals surface area contributed by atoms with Gasteiger partial charge in [-0.15, -0.1) is 0 Å². The molecule has 0 aliphatic carbocycles. The lowest BCUT2D eigenvalue weighted by Crippen LogP contribution is -2.50. The van der Waals surface area contributed by atoms with Crippen LogP contribution in [0.3, 0.4) is 0 Å². The summed E-state index contributed by atoms with van der Waals surface area (Å²) in [5.41, 5.74) is 0.623. The van der Waals surface area contributed by atoms with Crippen molar-refractivity contribution in [2.75, 3.05) is 50.6 Å². The van der Waals surface area contributed by atoms with Crippen LogP contribution in [0.4, 0.5) is 16.3 Å². The summed E-state index contributed by atoms with van der Waals surface area (Å²) in [7, 11) is 3.15. The summed E-state index contributed by atoms with van der Waals surface area (Å²) in [5, 5.41) is 7.12. The highest BCUT2D eigenvalue weighted by Crippen LogP contribution is 2.26. The van der Waals surface area contributed by atoms with Gasteiger partial charge in [0.1, 0.15) is 23.6 Å². The summed E-state index contributed by atoms with van der Waals surface area (Å²) in [4.78, 5) is 25.2. The minimum absolute atomic E-state index is 0.162. The van der Waals surface area contributed by atoms with Crippen molar-refractivity contribution in [3.05, 3.63) is 49.1 Å². The number of methoxy groups -OCH3 is 2. The molecular weight excluding hydrogens is 386 g/mol. The molecule has 10 heteroatoms. The van der Waals surface area contributed by atoms with E-state index in [4.69, 9.17) is 9.47 Å². The number of hydrogen-bond donors (Lipinski definition) is 1. The fourth-order valence-electron chi connectivity index (χ4n) is 3.26. The molecule has 156 valence electrons. The Morgan fingerprint density at radius 2 is 1.67 bits per heavy atom. The van der Waals surface area contributed by atoms with Crippen molar-refractivity contribution in [2.24, 2.45) is 0 Å². The Balaban J connectivity index is 1.38. The zero-order valence-electron chi connectivity index (χ0n) is 16.9. The van der Waals surface area contributed by atoms with Crippen LogP contribution in [0.5, 0.6) is 11.5 Å². The number of carbonyl (C=O) groups is 1. The second-order valence-electron chi connectivity index (χ2n) is 6.69. The largest absolute Gasteiger partial charge is 0.497 e. The van der Waals surface area contributed by atoms with Crippen molar-refractivity contribution < 1.29 is 14.3 Å². The molecular formula is C20H23N7O3. The summed E-state index contributed by atoms with van der Waals surface area (Å²) in [5.74, 6) is 2.75. The molecule has 30 heavy (non-hydrogen) atoms. The SMILES string of the molecule is COc1cc(NC(=O)N2CCN(c3cc(-n4cccn4)ncn3)CC2)cc(OC)c1. The summed E-state index contributed by atoms with van der Waals surface area (Å²) < 4.78 is 12.2. The standard InChI is InChI=1S/C20H23N7O3/c1-29-16-10-15(11-17(12-16)30-2)24-20(28)26-8-6-25(7-9-26)18-13-19(22-14-21-18)27-5-3-4-23-27/h3-5,10-14H,6-9H2,1-2H3,(H,24,28). The second kappa shape index (κ2) is 8.68. The van der Waals surface area contributed by atoms with Gasteiger partial charge in [0.25, 0.3) is 0 Å². The first kappa shape index (κ1) is 19.5. The fourth-order valence-corrected chi connectivity index (χ4v) is 3.26. The number of rotatable bonds is 5. The first-order valence-corrected chi connectivity index (χ1v) is 9.52. The molecule has 1 fully saturated rings. The van der Waals surface area contributed by atoms with Gasteiger partial charge < -0.3 is 24.6 Å². The number of nitrogens with zero attached hydrogens (tertiary/aromatic N) is 6. The lowest BCUT2D eigenvalue weighted by Gasteiger charge is -2.35. The second-order valence-corrected chi connectivity index (χ2v) is 6.69. The molecule has 3 aromatic rings. The molecule has 1 aliphatic rings. The van der Waals surface area contributed by atoms with Gasteiger partial charge in [0.05, 0.1) is 14.2 Å². The predicted octanol–water partition coefficient (Wildman–Crippen LogP) is 2.03. The van der Waals surface area contributed by atoms with E-state index in [1.165, 1.54) is 6.33 Å². The van der Waals surface area contributed by atoms with E-state index in [1.807, 2.05) is 18.3 Å². The average Bonchev–Trinajstić information content (AvgIpc) is 3.34. The Hall–Kier alpha value is -3.82. The van der Waals surface area contributed by atoms with Gasteiger partial charge in [-0.1, -0.05) is 0 Å². The molecule has 1 saturated heterocycles.